The fourth-order valence-corrected chi connectivity index (χ4v) is 3.34. The zero-order valence-electron chi connectivity index (χ0n) is 13.7. The number of benzene rings is 2. The molecule has 0 saturated carbocycles. The van der Waals surface area contributed by atoms with E-state index in [1.165, 1.54) is 18.9 Å². The second-order valence-electron chi connectivity index (χ2n) is 5.37. The highest BCUT2D eigenvalue weighted by molar-refractivity contribution is 7.21. The van der Waals surface area contributed by atoms with Crippen molar-refractivity contribution in [2.75, 3.05) is 12.4 Å². The summed E-state index contributed by atoms with van der Waals surface area (Å²) in [5.74, 6) is -0.670. The largest absolute Gasteiger partial charge is 0.465 e. The molecule has 0 aliphatic carbocycles. The number of rotatable bonds is 4. The van der Waals surface area contributed by atoms with Crippen LogP contribution in [0.5, 0.6) is 0 Å². The Hall–Kier alpha value is -3.17. The summed E-state index contributed by atoms with van der Waals surface area (Å²) in [6, 6.07) is 15.7. The number of methoxy groups -OCH3 is 1. The lowest BCUT2D eigenvalue weighted by Crippen LogP contribution is -2.05. The van der Waals surface area contributed by atoms with Gasteiger partial charge in [0.05, 0.1) is 17.3 Å². The summed E-state index contributed by atoms with van der Waals surface area (Å²) in [6.45, 7) is 2.07. The van der Waals surface area contributed by atoms with Crippen LogP contribution in [0.2, 0.25) is 0 Å². The number of aryl methyl sites for hydroxylation is 1. The van der Waals surface area contributed by atoms with E-state index in [4.69, 9.17) is 5.26 Å². The molecule has 124 valence electrons. The minimum atomic E-state index is -0.670. The minimum absolute atomic E-state index is 0.0897. The maximum absolute atomic E-state index is 11.4. The lowest BCUT2D eigenvalue weighted by atomic mass is 10.2. The zero-order valence-corrected chi connectivity index (χ0v) is 14.6. The first-order chi connectivity index (χ1) is 12.1. The first-order valence-electron chi connectivity index (χ1n) is 7.53. The van der Waals surface area contributed by atoms with Crippen LogP contribution in [-0.2, 0) is 9.53 Å². The molecule has 0 amide bonds. The number of esters is 1. The molecule has 0 aliphatic heterocycles. The number of aromatic nitrogens is 1. The number of hydrogen-bond donors (Lipinski definition) is 1. The minimum Gasteiger partial charge on any atom is -0.465 e. The Morgan fingerprint density at radius 2 is 2.04 bits per heavy atom. The highest BCUT2D eigenvalue weighted by Gasteiger charge is 2.09. The SMILES string of the molecule is COC(=O)/C(C#N)=C\Nc1ccc(-c2nc3ccc(C)cc3s2)cc1. The Morgan fingerprint density at radius 1 is 1.28 bits per heavy atom. The molecule has 0 aliphatic rings. The molecule has 1 heterocycles. The molecule has 1 aromatic heterocycles. The van der Waals surface area contributed by atoms with Gasteiger partial charge in [0.15, 0.2) is 5.57 Å². The van der Waals surface area contributed by atoms with E-state index in [9.17, 15) is 4.79 Å². The number of thiazole rings is 1. The Kier molecular flexibility index (Phi) is 4.78. The molecule has 0 atom stereocenters. The topological polar surface area (TPSA) is 75.0 Å². The van der Waals surface area contributed by atoms with Crippen LogP contribution in [0.25, 0.3) is 20.8 Å². The van der Waals surface area contributed by atoms with E-state index in [0.29, 0.717) is 0 Å². The first-order valence-corrected chi connectivity index (χ1v) is 8.35. The average molecular weight is 349 g/mol. The standard InChI is InChI=1S/C19H15N3O2S/c1-12-3-8-16-17(9-12)25-18(22-16)13-4-6-15(7-5-13)21-11-14(10-20)19(23)24-2/h3-9,11,21H,1-2H3/b14-11-. The molecular formula is C19H15N3O2S. The van der Waals surface area contributed by atoms with Gasteiger partial charge < -0.3 is 10.1 Å². The normalized spacial score (nSPS) is 11.2. The number of carbonyl (C=O) groups is 1. The molecule has 6 heteroatoms. The van der Waals surface area contributed by atoms with Crippen LogP contribution < -0.4 is 5.32 Å². The number of hydrogen-bond acceptors (Lipinski definition) is 6. The maximum Gasteiger partial charge on any atom is 0.350 e. The van der Waals surface area contributed by atoms with Crippen LogP contribution in [0.3, 0.4) is 0 Å². The monoisotopic (exact) mass is 349 g/mol. The number of nitrogens with zero attached hydrogens (tertiary/aromatic N) is 2. The van der Waals surface area contributed by atoms with E-state index >= 15 is 0 Å². The highest BCUT2D eigenvalue weighted by Crippen LogP contribution is 2.31. The molecule has 5 nitrogen and oxygen atoms in total. The van der Waals surface area contributed by atoms with Gasteiger partial charge in [-0.15, -0.1) is 11.3 Å². The third-order valence-electron chi connectivity index (χ3n) is 3.58. The van der Waals surface area contributed by atoms with Crippen molar-refractivity contribution in [2.45, 2.75) is 6.92 Å². The average Bonchev–Trinajstić information content (AvgIpc) is 3.05. The van der Waals surface area contributed by atoms with Crippen LogP contribution in [0.1, 0.15) is 5.56 Å². The lowest BCUT2D eigenvalue weighted by molar-refractivity contribution is -0.135. The summed E-state index contributed by atoms with van der Waals surface area (Å²) >= 11 is 1.65. The lowest BCUT2D eigenvalue weighted by Gasteiger charge is -2.03. The van der Waals surface area contributed by atoms with Gasteiger partial charge in [-0.25, -0.2) is 9.78 Å². The van der Waals surface area contributed by atoms with E-state index in [1.807, 2.05) is 30.3 Å². The van der Waals surface area contributed by atoms with Crippen LogP contribution >= 0.6 is 11.3 Å². The zero-order chi connectivity index (χ0) is 17.8. The fourth-order valence-electron chi connectivity index (χ4n) is 2.27. The Morgan fingerprint density at radius 3 is 2.72 bits per heavy atom. The quantitative estimate of drug-likeness (QED) is 0.433. The van der Waals surface area contributed by atoms with E-state index < -0.39 is 5.97 Å². The second-order valence-corrected chi connectivity index (χ2v) is 6.40. The van der Waals surface area contributed by atoms with Crippen LogP contribution in [0, 0.1) is 18.3 Å². The van der Waals surface area contributed by atoms with Crippen molar-refractivity contribution in [2.24, 2.45) is 0 Å². The third kappa shape index (κ3) is 3.67. The summed E-state index contributed by atoms with van der Waals surface area (Å²) < 4.78 is 5.69. The number of nitrogens with one attached hydrogen (secondary N) is 1. The van der Waals surface area contributed by atoms with Gasteiger partial charge in [-0.1, -0.05) is 6.07 Å². The summed E-state index contributed by atoms with van der Waals surface area (Å²) in [4.78, 5) is 16.0. The van der Waals surface area contributed by atoms with Gasteiger partial charge in [-0.05, 0) is 48.9 Å². The van der Waals surface area contributed by atoms with E-state index in [1.54, 1.807) is 17.4 Å². The third-order valence-corrected chi connectivity index (χ3v) is 4.65. The van der Waals surface area contributed by atoms with Gasteiger partial charge in [0.1, 0.15) is 11.1 Å². The number of fused-ring (bicyclic) bond motifs is 1. The molecule has 0 saturated heterocycles. The Bertz CT molecular complexity index is 998. The maximum atomic E-state index is 11.4. The summed E-state index contributed by atoms with van der Waals surface area (Å²) in [7, 11) is 1.24. The van der Waals surface area contributed by atoms with Crippen molar-refractivity contribution in [3.05, 3.63) is 59.8 Å². The summed E-state index contributed by atoms with van der Waals surface area (Å²) in [5.41, 5.74) is 3.90. The second kappa shape index (κ2) is 7.16. The first kappa shape index (κ1) is 16.7. The molecule has 0 radical (unpaired) electrons. The van der Waals surface area contributed by atoms with Crippen molar-refractivity contribution < 1.29 is 9.53 Å². The predicted octanol–water partition coefficient (Wildman–Crippen LogP) is 4.26. The smallest absolute Gasteiger partial charge is 0.350 e. The van der Waals surface area contributed by atoms with Crippen molar-refractivity contribution in [1.29, 1.82) is 5.26 Å². The molecule has 0 spiro atoms. The van der Waals surface area contributed by atoms with Gasteiger partial charge in [0, 0.05) is 17.5 Å². The van der Waals surface area contributed by atoms with Crippen LogP contribution in [0.15, 0.2) is 54.2 Å². The summed E-state index contributed by atoms with van der Waals surface area (Å²) in [6.07, 6.45) is 1.33. The van der Waals surface area contributed by atoms with Crippen molar-refractivity contribution in [3.8, 4) is 16.6 Å². The molecule has 0 bridgehead atoms. The summed E-state index contributed by atoms with van der Waals surface area (Å²) in [5, 5.41) is 12.8. The number of ether oxygens (including phenoxy) is 1. The van der Waals surface area contributed by atoms with Gasteiger partial charge in [-0.2, -0.15) is 5.26 Å². The number of nitriles is 1. The van der Waals surface area contributed by atoms with Crippen LogP contribution in [0.4, 0.5) is 5.69 Å². The molecular weight excluding hydrogens is 334 g/mol. The molecule has 0 unspecified atom stereocenters. The molecule has 1 N–H and O–H groups in total. The highest BCUT2D eigenvalue weighted by atomic mass is 32.1. The molecule has 25 heavy (non-hydrogen) atoms. The van der Waals surface area contributed by atoms with E-state index in [2.05, 4.69) is 34.1 Å². The van der Waals surface area contributed by atoms with Crippen LogP contribution in [-0.4, -0.2) is 18.1 Å². The van der Waals surface area contributed by atoms with Gasteiger partial charge in [0.25, 0.3) is 0 Å². The van der Waals surface area contributed by atoms with Crippen molar-refractivity contribution in [1.82, 2.24) is 4.98 Å². The van der Waals surface area contributed by atoms with Crippen molar-refractivity contribution >= 4 is 33.2 Å². The fraction of sp³-hybridized carbons (Fsp3) is 0.105. The van der Waals surface area contributed by atoms with Gasteiger partial charge >= 0.3 is 5.97 Å². The molecule has 3 aromatic rings. The van der Waals surface area contributed by atoms with Crippen molar-refractivity contribution in [3.63, 3.8) is 0 Å². The van der Waals surface area contributed by atoms with Gasteiger partial charge in [0.2, 0.25) is 0 Å². The van der Waals surface area contributed by atoms with Gasteiger partial charge in [-0.3, -0.25) is 0 Å². The molecule has 0 fully saturated rings. The Labute approximate surface area is 149 Å². The molecule has 2 aromatic carbocycles. The number of anilines is 1. The van der Waals surface area contributed by atoms with E-state index in [-0.39, 0.29) is 5.57 Å². The molecule has 3 rings (SSSR count). The Balaban J connectivity index is 1.81. The van der Waals surface area contributed by atoms with E-state index in [0.717, 1.165) is 26.5 Å². The predicted molar refractivity (Wildman–Crippen MR) is 99.1 cm³/mol. The number of carbonyl (C=O) groups excluding carboxylic acids is 1.